The normalized spacial score (nSPS) is 24.0. The van der Waals surface area contributed by atoms with Crippen molar-refractivity contribution in [1.82, 2.24) is 0 Å². The van der Waals surface area contributed by atoms with Crippen molar-refractivity contribution in [2.45, 2.75) is 32.6 Å². The van der Waals surface area contributed by atoms with Crippen LogP contribution >= 0.6 is 0 Å². The summed E-state index contributed by atoms with van der Waals surface area (Å²) in [7, 11) is 0. The smallest absolute Gasteiger partial charge is 0.341 e. The lowest BCUT2D eigenvalue weighted by Gasteiger charge is -2.22. The van der Waals surface area contributed by atoms with E-state index in [9.17, 15) is 23.5 Å². The van der Waals surface area contributed by atoms with Gasteiger partial charge in [0, 0.05) is 11.0 Å². The van der Waals surface area contributed by atoms with Crippen molar-refractivity contribution in [1.29, 1.82) is 0 Å². The van der Waals surface area contributed by atoms with Crippen LogP contribution in [0.15, 0.2) is 12.1 Å². The number of nitrogens with one attached hydrogen (secondary N) is 1. The molecule has 2 unspecified atom stereocenters. The Hall–Kier alpha value is -2.18. The Bertz CT molecular complexity index is 709. The van der Waals surface area contributed by atoms with Gasteiger partial charge in [0.05, 0.1) is 24.1 Å². The maximum absolute atomic E-state index is 13.7. The van der Waals surface area contributed by atoms with Crippen LogP contribution < -0.4 is 10.1 Å². The van der Waals surface area contributed by atoms with Crippen LogP contribution in [0, 0.1) is 11.3 Å². The van der Waals surface area contributed by atoms with Crippen LogP contribution in [0.4, 0.5) is 14.5 Å². The number of hydrogen-bond donors (Lipinski definition) is 2. The fourth-order valence-corrected chi connectivity index (χ4v) is 2.82. The van der Waals surface area contributed by atoms with Crippen LogP contribution in [0.25, 0.3) is 0 Å². The number of carboxylic acid groups (broad SMARTS) is 1. The van der Waals surface area contributed by atoms with Crippen molar-refractivity contribution in [3.63, 3.8) is 0 Å². The number of anilines is 1. The Morgan fingerprint density at radius 2 is 2.00 bits per heavy atom. The molecule has 1 aromatic carbocycles. The van der Waals surface area contributed by atoms with Crippen LogP contribution in [0.3, 0.4) is 0 Å². The fraction of sp³-hybridized carbons (Fsp3) is 0.500. The summed E-state index contributed by atoms with van der Waals surface area (Å²) in [6.07, 6.45) is 0. The average Bonchev–Trinajstić information content (AvgIpc) is 2.99. The van der Waals surface area contributed by atoms with Gasteiger partial charge in [-0.05, 0) is 6.07 Å². The van der Waals surface area contributed by atoms with Crippen LogP contribution in [0.5, 0.6) is 5.75 Å². The molecule has 5 nitrogen and oxygen atoms in total. The van der Waals surface area contributed by atoms with Gasteiger partial charge in [-0.3, -0.25) is 4.79 Å². The number of rotatable bonds is 2. The highest BCUT2D eigenvalue weighted by molar-refractivity contribution is 6.04. The molecule has 1 aliphatic heterocycles. The Morgan fingerprint density at radius 1 is 1.35 bits per heavy atom. The highest BCUT2D eigenvalue weighted by Crippen LogP contribution is 2.65. The highest BCUT2D eigenvalue weighted by atomic mass is 19.3. The summed E-state index contributed by atoms with van der Waals surface area (Å²) in [5, 5.41) is 12.0. The Kier molecular flexibility index (Phi) is 3.18. The van der Waals surface area contributed by atoms with E-state index in [4.69, 9.17) is 4.74 Å². The van der Waals surface area contributed by atoms with E-state index in [0.717, 1.165) is 0 Å². The molecule has 124 valence electrons. The zero-order chi connectivity index (χ0) is 17.2. The second-order valence-corrected chi connectivity index (χ2v) is 6.99. The van der Waals surface area contributed by atoms with Crippen molar-refractivity contribution in [3.8, 4) is 5.75 Å². The number of ether oxygens (including phenoxy) is 1. The summed E-state index contributed by atoms with van der Waals surface area (Å²) in [6.45, 7) is 4.84. The lowest BCUT2D eigenvalue weighted by molar-refractivity contribution is -0.123. The van der Waals surface area contributed by atoms with E-state index >= 15 is 0 Å². The number of carbonyl (C=O) groups is 2. The van der Waals surface area contributed by atoms with E-state index in [1.165, 1.54) is 12.1 Å². The lowest BCUT2D eigenvalue weighted by Crippen LogP contribution is -2.28. The summed E-state index contributed by atoms with van der Waals surface area (Å²) >= 11 is 0. The number of fused-ring (bicyclic) bond motifs is 3. The Labute approximate surface area is 131 Å². The molecule has 1 saturated carbocycles. The molecule has 2 aliphatic rings. The van der Waals surface area contributed by atoms with Gasteiger partial charge in [-0.25, -0.2) is 13.6 Å². The second-order valence-electron chi connectivity index (χ2n) is 6.99. The molecule has 7 heteroatoms. The minimum atomic E-state index is -2.86. The van der Waals surface area contributed by atoms with Gasteiger partial charge < -0.3 is 15.2 Å². The molecule has 3 rings (SSSR count). The standard InChI is InChI=1S/C16H17F2NO4/c1-15(2,3)14(22)19-9-5-4-7-11-8(16(11,17)18)6-23-12(7)10(9)13(20)21/h4-5,8,11H,6H2,1-3H3,(H,19,22)(H,20,21). The molecule has 0 bridgehead atoms. The summed E-state index contributed by atoms with van der Waals surface area (Å²) < 4.78 is 32.7. The second kappa shape index (κ2) is 4.66. The molecule has 23 heavy (non-hydrogen) atoms. The van der Waals surface area contributed by atoms with Crippen LogP contribution in [-0.4, -0.2) is 29.5 Å². The first-order valence-corrected chi connectivity index (χ1v) is 7.27. The van der Waals surface area contributed by atoms with Gasteiger partial charge in [-0.1, -0.05) is 26.8 Å². The molecule has 0 radical (unpaired) electrons. The van der Waals surface area contributed by atoms with Crippen LogP contribution in [-0.2, 0) is 4.79 Å². The number of hydrogen-bond acceptors (Lipinski definition) is 3. The van der Waals surface area contributed by atoms with Gasteiger partial charge in [0.25, 0.3) is 5.92 Å². The first-order chi connectivity index (χ1) is 10.5. The van der Waals surface area contributed by atoms with E-state index in [1.54, 1.807) is 20.8 Å². The number of benzene rings is 1. The number of carbonyl (C=O) groups excluding carboxylic acids is 1. The Balaban J connectivity index is 2.04. The fourth-order valence-electron chi connectivity index (χ4n) is 2.82. The van der Waals surface area contributed by atoms with E-state index in [-0.39, 0.29) is 35.1 Å². The maximum atomic E-state index is 13.7. The lowest BCUT2D eigenvalue weighted by atomic mass is 9.94. The van der Waals surface area contributed by atoms with Gasteiger partial charge in [-0.2, -0.15) is 0 Å². The highest BCUT2D eigenvalue weighted by Gasteiger charge is 2.71. The first-order valence-electron chi connectivity index (χ1n) is 7.27. The van der Waals surface area contributed by atoms with E-state index < -0.39 is 29.1 Å². The summed E-state index contributed by atoms with van der Waals surface area (Å²) in [6, 6.07) is 2.77. The van der Waals surface area contributed by atoms with Gasteiger partial charge in [0.1, 0.15) is 11.3 Å². The third-order valence-corrected chi connectivity index (χ3v) is 4.28. The largest absolute Gasteiger partial charge is 0.492 e. The maximum Gasteiger partial charge on any atom is 0.341 e. The SMILES string of the molecule is CC(C)(C)C(=O)Nc1ccc2c(c1C(=O)O)OCC1C2C1(F)F. The minimum Gasteiger partial charge on any atom is -0.492 e. The molecule has 2 N–H and O–H groups in total. The number of aromatic carboxylic acids is 1. The van der Waals surface area contributed by atoms with Gasteiger partial charge >= 0.3 is 5.97 Å². The van der Waals surface area contributed by atoms with Crippen molar-refractivity contribution in [2.24, 2.45) is 11.3 Å². The first kappa shape index (κ1) is 15.7. The van der Waals surface area contributed by atoms with Crippen LogP contribution in [0.2, 0.25) is 0 Å². The molecule has 0 saturated heterocycles. The summed E-state index contributed by atoms with van der Waals surface area (Å²) in [5.74, 6) is -6.53. The molecular formula is C16H17F2NO4. The van der Waals surface area contributed by atoms with E-state index in [1.807, 2.05) is 0 Å². The molecule has 0 aromatic heterocycles. The van der Waals surface area contributed by atoms with Crippen LogP contribution in [0.1, 0.15) is 42.6 Å². The average molecular weight is 325 g/mol. The van der Waals surface area contributed by atoms with Crippen molar-refractivity contribution < 1.29 is 28.2 Å². The van der Waals surface area contributed by atoms with Gasteiger partial charge in [0.15, 0.2) is 0 Å². The summed E-state index contributed by atoms with van der Waals surface area (Å²) in [4.78, 5) is 23.7. The van der Waals surface area contributed by atoms with E-state index in [2.05, 4.69) is 5.32 Å². The zero-order valence-electron chi connectivity index (χ0n) is 12.9. The molecular weight excluding hydrogens is 308 g/mol. The molecule has 1 aliphatic carbocycles. The molecule has 2 atom stereocenters. The van der Waals surface area contributed by atoms with Crippen molar-refractivity contribution >= 4 is 17.6 Å². The minimum absolute atomic E-state index is 0.0543. The quantitative estimate of drug-likeness (QED) is 0.876. The molecule has 1 heterocycles. The number of carboxylic acids is 1. The molecule has 1 aromatic rings. The predicted molar refractivity (Wildman–Crippen MR) is 78.2 cm³/mol. The molecule has 1 fully saturated rings. The summed E-state index contributed by atoms with van der Waals surface area (Å²) in [5.41, 5.74) is -0.751. The monoisotopic (exact) mass is 325 g/mol. The number of halogens is 2. The number of amides is 1. The van der Waals surface area contributed by atoms with Crippen molar-refractivity contribution in [3.05, 3.63) is 23.3 Å². The zero-order valence-corrected chi connectivity index (χ0v) is 12.9. The van der Waals surface area contributed by atoms with Gasteiger partial charge in [0.2, 0.25) is 5.91 Å². The third kappa shape index (κ3) is 2.34. The predicted octanol–water partition coefficient (Wildman–Crippen LogP) is 3.11. The van der Waals surface area contributed by atoms with E-state index in [0.29, 0.717) is 0 Å². The van der Waals surface area contributed by atoms with Gasteiger partial charge in [-0.15, -0.1) is 0 Å². The Morgan fingerprint density at radius 3 is 2.57 bits per heavy atom. The third-order valence-electron chi connectivity index (χ3n) is 4.28. The number of alkyl halides is 2. The molecule has 1 amide bonds. The van der Waals surface area contributed by atoms with Crippen molar-refractivity contribution in [2.75, 3.05) is 11.9 Å². The molecule has 0 spiro atoms. The topological polar surface area (TPSA) is 75.6 Å².